The van der Waals surface area contributed by atoms with Crippen molar-refractivity contribution >= 4 is 33.8 Å². The zero-order valence-electron chi connectivity index (χ0n) is 12.1. The van der Waals surface area contributed by atoms with E-state index >= 15 is 0 Å². The maximum atomic E-state index is 11.3. The van der Waals surface area contributed by atoms with Crippen LogP contribution in [-0.2, 0) is 0 Å². The van der Waals surface area contributed by atoms with Gasteiger partial charge in [-0.1, -0.05) is 12.1 Å². The van der Waals surface area contributed by atoms with Gasteiger partial charge >= 0.3 is 11.4 Å². The van der Waals surface area contributed by atoms with Crippen molar-refractivity contribution in [1.29, 1.82) is 0 Å². The molecular weight excluding hydrogens is 322 g/mol. The van der Waals surface area contributed by atoms with Gasteiger partial charge in [0.2, 0.25) is 5.52 Å². The minimum atomic E-state index is -0.785. The summed E-state index contributed by atoms with van der Waals surface area (Å²) in [5.74, 6) is 0.426. The third-order valence-corrected chi connectivity index (χ3v) is 3.26. The smallest absolute Gasteiger partial charge is 0.307 e. The molecule has 0 spiro atoms. The van der Waals surface area contributed by atoms with E-state index in [4.69, 9.17) is 4.74 Å². The van der Waals surface area contributed by atoms with E-state index in [0.717, 1.165) is 6.07 Å². The summed E-state index contributed by atoms with van der Waals surface area (Å²) in [5.41, 5.74) is -1.07. The predicted octanol–water partition coefficient (Wildman–Crippen LogP) is 2.79. The normalized spacial score (nSPS) is 10.5. The number of nitro benzene ring substituents is 2. The van der Waals surface area contributed by atoms with E-state index in [1.807, 2.05) is 0 Å². The lowest BCUT2D eigenvalue weighted by molar-refractivity contribution is -0.392. The SMILES string of the molecule is COc1ccccc1Nc1c([N+](=O)[O-])cc([N+](=O)[O-])c2nonc12. The number of para-hydroxylation sites is 2. The molecule has 3 rings (SSSR count). The number of hydrogen-bond donors (Lipinski definition) is 1. The van der Waals surface area contributed by atoms with Gasteiger partial charge < -0.3 is 10.1 Å². The molecule has 0 aliphatic heterocycles. The molecular formula is C13H9N5O6. The molecule has 0 bridgehead atoms. The fraction of sp³-hybridized carbons (Fsp3) is 0.0769. The van der Waals surface area contributed by atoms with Crippen LogP contribution in [0.4, 0.5) is 22.7 Å². The van der Waals surface area contributed by atoms with Crippen LogP contribution >= 0.6 is 0 Å². The lowest BCUT2D eigenvalue weighted by Gasteiger charge is -2.11. The molecule has 24 heavy (non-hydrogen) atoms. The molecule has 0 radical (unpaired) electrons. The Labute approximate surface area is 133 Å². The van der Waals surface area contributed by atoms with Crippen molar-refractivity contribution in [2.24, 2.45) is 0 Å². The second kappa shape index (κ2) is 5.79. The largest absolute Gasteiger partial charge is 0.495 e. The highest BCUT2D eigenvalue weighted by Crippen LogP contribution is 2.40. The van der Waals surface area contributed by atoms with Crippen LogP contribution in [0.1, 0.15) is 0 Å². The highest BCUT2D eigenvalue weighted by molar-refractivity contribution is 6.00. The molecule has 0 unspecified atom stereocenters. The van der Waals surface area contributed by atoms with Gasteiger partial charge in [-0.25, -0.2) is 4.63 Å². The van der Waals surface area contributed by atoms with Crippen LogP contribution in [0.25, 0.3) is 11.0 Å². The fourth-order valence-electron chi connectivity index (χ4n) is 2.20. The number of rotatable bonds is 5. The molecule has 2 aromatic carbocycles. The summed E-state index contributed by atoms with van der Waals surface area (Å²) in [5, 5.41) is 32.3. The van der Waals surface area contributed by atoms with Crippen molar-refractivity contribution in [2.75, 3.05) is 12.4 Å². The summed E-state index contributed by atoms with van der Waals surface area (Å²) in [6, 6.07) is 7.51. The first kappa shape index (κ1) is 15.1. The molecule has 1 aromatic heterocycles. The maximum Gasteiger partial charge on any atom is 0.307 e. The van der Waals surface area contributed by atoms with E-state index < -0.39 is 21.2 Å². The minimum Gasteiger partial charge on any atom is -0.495 e. The van der Waals surface area contributed by atoms with E-state index in [-0.39, 0.29) is 16.7 Å². The number of nitro groups is 2. The molecule has 0 atom stereocenters. The number of anilines is 2. The number of nitrogens with one attached hydrogen (secondary N) is 1. The van der Waals surface area contributed by atoms with Crippen molar-refractivity contribution in [3.05, 3.63) is 50.6 Å². The van der Waals surface area contributed by atoms with E-state index in [1.165, 1.54) is 7.11 Å². The van der Waals surface area contributed by atoms with Gasteiger partial charge in [-0.2, -0.15) is 0 Å². The predicted molar refractivity (Wildman–Crippen MR) is 81.4 cm³/mol. The quantitative estimate of drug-likeness (QED) is 0.550. The molecule has 11 heteroatoms. The van der Waals surface area contributed by atoms with Crippen molar-refractivity contribution < 1.29 is 19.2 Å². The Morgan fingerprint density at radius 1 is 1.08 bits per heavy atom. The van der Waals surface area contributed by atoms with Gasteiger partial charge in [0.25, 0.3) is 0 Å². The Kier molecular flexibility index (Phi) is 3.66. The fourth-order valence-corrected chi connectivity index (χ4v) is 2.20. The van der Waals surface area contributed by atoms with Gasteiger partial charge in [-0.15, -0.1) is 0 Å². The highest BCUT2D eigenvalue weighted by Gasteiger charge is 2.30. The summed E-state index contributed by atoms with van der Waals surface area (Å²) >= 11 is 0. The Morgan fingerprint density at radius 2 is 1.75 bits per heavy atom. The van der Waals surface area contributed by atoms with Gasteiger partial charge in [0.05, 0.1) is 28.7 Å². The Morgan fingerprint density at radius 3 is 2.42 bits per heavy atom. The maximum absolute atomic E-state index is 11.3. The van der Waals surface area contributed by atoms with E-state index in [2.05, 4.69) is 20.3 Å². The monoisotopic (exact) mass is 331 g/mol. The summed E-state index contributed by atoms with van der Waals surface area (Å²) in [6.07, 6.45) is 0. The zero-order valence-corrected chi connectivity index (χ0v) is 12.1. The molecule has 0 saturated heterocycles. The van der Waals surface area contributed by atoms with Crippen LogP contribution in [0.3, 0.4) is 0 Å². The summed E-state index contributed by atoms with van der Waals surface area (Å²) < 4.78 is 9.70. The number of nitrogens with zero attached hydrogens (tertiary/aromatic N) is 4. The number of methoxy groups -OCH3 is 1. The Hall–Kier alpha value is -3.76. The average molecular weight is 331 g/mol. The van der Waals surface area contributed by atoms with Gasteiger partial charge in [0, 0.05) is 0 Å². The standard InChI is InChI=1S/C13H9N5O6/c1-23-10-5-3-2-4-7(10)14-11-8(17(19)20)6-9(18(21)22)12-13(11)16-24-15-12/h2-6,14H,1H3. The van der Waals surface area contributed by atoms with Crippen LogP contribution in [0.2, 0.25) is 0 Å². The molecule has 0 aliphatic carbocycles. The number of benzene rings is 2. The number of ether oxygens (including phenoxy) is 1. The molecule has 0 fully saturated rings. The Bertz CT molecular complexity index is 953. The van der Waals surface area contributed by atoms with Crippen LogP contribution < -0.4 is 10.1 Å². The lowest BCUT2D eigenvalue weighted by atomic mass is 10.2. The number of hydrogen-bond acceptors (Lipinski definition) is 9. The molecule has 3 aromatic rings. The molecule has 0 saturated carbocycles. The van der Waals surface area contributed by atoms with Gasteiger partial charge in [0.1, 0.15) is 5.75 Å². The van der Waals surface area contributed by atoms with E-state index in [9.17, 15) is 20.2 Å². The van der Waals surface area contributed by atoms with Crippen molar-refractivity contribution in [1.82, 2.24) is 10.3 Å². The second-order valence-electron chi connectivity index (χ2n) is 4.59. The lowest BCUT2D eigenvalue weighted by Crippen LogP contribution is -2.02. The van der Waals surface area contributed by atoms with Gasteiger partial charge in [0.15, 0.2) is 11.2 Å². The highest BCUT2D eigenvalue weighted by atomic mass is 16.6. The van der Waals surface area contributed by atoms with Gasteiger partial charge in [-0.3, -0.25) is 20.2 Å². The van der Waals surface area contributed by atoms with Crippen LogP contribution in [0.15, 0.2) is 35.0 Å². The van der Waals surface area contributed by atoms with E-state index in [0.29, 0.717) is 11.4 Å². The number of non-ortho nitro benzene ring substituents is 1. The Balaban J connectivity index is 2.25. The number of fused-ring (bicyclic) bond motifs is 1. The third kappa shape index (κ3) is 2.43. The molecule has 122 valence electrons. The first-order valence-corrected chi connectivity index (χ1v) is 6.51. The molecule has 11 nitrogen and oxygen atoms in total. The van der Waals surface area contributed by atoms with Crippen LogP contribution in [0, 0.1) is 20.2 Å². The van der Waals surface area contributed by atoms with Crippen molar-refractivity contribution in [3.63, 3.8) is 0 Å². The third-order valence-electron chi connectivity index (χ3n) is 3.26. The minimum absolute atomic E-state index is 0.0775. The number of aromatic nitrogens is 2. The summed E-state index contributed by atoms with van der Waals surface area (Å²) in [4.78, 5) is 20.9. The topological polar surface area (TPSA) is 146 Å². The second-order valence-corrected chi connectivity index (χ2v) is 4.59. The van der Waals surface area contributed by atoms with Crippen molar-refractivity contribution in [3.8, 4) is 5.75 Å². The first-order chi connectivity index (χ1) is 11.5. The summed E-state index contributed by atoms with van der Waals surface area (Å²) in [6.45, 7) is 0. The first-order valence-electron chi connectivity index (χ1n) is 6.51. The molecule has 1 heterocycles. The average Bonchev–Trinajstić information content (AvgIpc) is 3.04. The van der Waals surface area contributed by atoms with Crippen LogP contribution in [-0.4, -0.2) is 27.3 Å². The molecule has 0 amide bonds. The summed E-state index contributed by atoms with van der Waals surface area (Å²) in [7, 11) is 1.44. The van der Waals surface area contributed by atoms with Gasteiger partial charge in [-0.05, 0) is 22.4 Å². The van der Waals surface area contributed by atoms with Crippen LogP contribution in [0.5, 0.6) is 5.75 Å². The molecule has 1 N–H and O–H groups in total. The van der Waals surface area contributed by atoms with Crippen molar-refractivity contribution in [2.45, 2.75) is 0 Å². The molecule has 0 aliphatic rings. The van der Waals surface area contributed by atoms with E-state index in [1.54, 1.807) is 24.3 Å². The zero-order chi connectivity index (χ0) is 17.3.